The second-order valence-corrected chi connectivity index (χ2v) is 5.76. The summed E-state index contributed by atoms with van der Waals surface area (Å²) in [7, 11) is 0. The Bertz CT molecular complexity index is 131. The molecule has 0 spiro atoms. The Kier molecular flexibility index (Phi) is 5.63. The van der Waals surface area contributed by atoms with Gasteiger partial charge in [0, 0.05) is 17.9 Å². The first kappa shape index (κ1) is 12.0. The van der Waals surface area contributed by atoms with Crippen LogP contribution in [0.2, 0.25) is 0 Å². The van der Waals surface area contributed by atoms with Gasteiger partial charge in [0.25, 0.3) is 0 Å². The highest BCUT2D eigenvalue weighted by atomic mass is 32.2. The molecule has 1 atom stereocenters. The summed E-state index contributed by atoms with van der Waals surface area (Å²) in [6, 6.07) is 0. The minimum Gasteiger partial charge on any atom is -0.598 e. The molecule has 0 aliphatic rings. The van der Waals surface area contributed by atoms with Gasteiger partial charge >= 0.3 is 0 Å². The zero-order chi connectivity index (χ0) is 9.61. The van der Waals surface area contributed by atoms with Gasteiger partial charge in [-0.2, -0.15) is 0 Å². The molecule has 2 nitrogen and oxygen atoms in total. The van der Waals surface area contributed by atoms with E-state index in [9.17, 15) is 4.55 Å². The number of rotatable bonds is 5. The van der Waals surface area contributed by atoms with Crippen LogP contribution in [-0.2, 0) is 11.4 Å². The molecule has 72 valence electrons. The van der Waals surface area contributed by atoms with Crippen molar-refractivity contribution in [3.63, 3.8) is 0 Å². The molecule has 0 heterocycles. The van der Waals surface area contributed by atoms with Gasteiger partial charge in [-0.15, -0.1) is 11.3 Å². The molecule has 0 aromatic heterocycles. The minimum atomic E-state index is -0.925. The molecule has 0 radical (unpaired) electrons. The van der Waals surface area contributed by atoms with Crippen LogP contribution in [0.3, 0.4) is 0 Å². The lowest BCUT2D eigenvalue weighted by molar-refractivity contribution is 0.542. The highest BCUT2D eigenvalue weighted by molar-refractivity contribution is 7.90. The van der Waals surface area contributed by atoms with E-state index >= 15 is 0 Å². The fourth-order valence-corrected chi connectivity index (χ4v) is 1.39. The van der Waals surface area contributed by atoms with E-state index < -0.39 is 11.4 Å². The normalized spacial score (nSPS) is 14.3. The van der Waals surface area contributed by atoms with Crippen molar-refractivity contribution < 1.29 is 4.55 Å². The highest BCUT2D eigenvalue weighted by Crippen LogP contribution is 2.12. The Labute approximate surface area is 78.7 Å². The summed E-state index contributed by atoms with van der Waals surface area (Å²) in [6.07, 6.45) is 3.86. The Morgan fingerprint density at radius 2 is 2.08 bits per heavy atom. The van der Waals surface area contributed by atoms with E-state index in [1.807, 2.05) is 26.8 Å². The second-order valence-electron chi connectivity index (χ2n) is 3.71. The molecule has 0 aliphatic carbocycles. The van der Waals surface area contributed by atoms with E-state index in [1.54, 1.807) is 0 Å². The molecular formula is C9H19NOS. The Balaban J connectivity index is 3.44. The van der Waals surface area contributed by atoms with Crippen LogP contribution in [0.4, 0.5) is 0 Å². The van der Waals surface area contributed by atoms with E-state index in [0.29, 0.717) is 0 Å². The largest absolute Gasteiger partial charge is 0.598 e. The summed E-state index contributed by atoms with van der Waals surface area (Å²) in [5.41, 5.74) is 0. The Hall–Kier alpha value is 0.01000. The fraction of sp³-hybridized carbons (Fsp3) is 0.778. The fourth-order valence-electron chi connectivity index (χ4n) is 0.628. The van der Waals surface area contributed by atoms with Crippen molar-refractivity contribution in [1.29, 1.82) is 0 Å². The van der Waals surface area contributed by atoms with Crippen LogP contribution in [0.25, 0.3) is 0 Å². The topological polar surface area (TPSA) is 35.1 Å². The number of hydrogen-bond acceptors (Lipinski definition) is 2. The molecule has 0 amide bonds. The van der Waals surface area contributed by atoms with Gasteiger partial charge in [0.2, 0.25) is 0 Å². The molecule has 0 rings (SSSR count). The van der Waals surface area contributed by atoms with Crippen molar-refractivity contribution in [3.05, 3.63) is 12.7 Å². The lowest BCUT2D eigenvalue weighted by Crippen LogP contribution is -2.39. The summed E-state index contributed by atoms with van der Waals surface area (Å²) in [6.45, 7) is 10.3. The standard InChI is InChI=1S/C9H19NOS/c1-5-6-7-8-10-12(11)9(2,3)4/h5,10H,1,6-8H2,2-4H3. The number of allylic oxidation sites excluding steroid dienone is 1. The van der Waals surface area contributed by atoms with Gasteiger partial charge in [-0.25, -0.2) is 0 Å². The first-order valence-corrected chi connectivity index (χ1v) is 5.39. The van der Waals surface area contributed by atoms with Gasteiger partial charge in [-0.05, 0) is 33.6 Å². The first-order valence-electron chi connectivity index (χ1n) is 4.24. The molecule has 1 unspecified atom stereocenters. The molecule has 0 bridgehead atoms. The number of nitrogens with one attached hydrogen (secondary N) is 1. The van der Waals surface area contributed by atoms with E-state index in [2.05, 4.69) is 11.3 Å². The van der Waals surface area contributed by atoms with Crippen molar-refractivity contribution in [1.82, 2.24) is 4.72 Å². The quantitative estimate of drug-likeness (QED) is 0.408. The van der Waals surface area contributed by atoms with Gasteiger partial charge < -0.3 is 4.55 Å². The zero-order valence-electron chi connectivity index (χ0n) is 8.22. The van der Waals surface area contributed by atoms with E-state index in [4.69, 9.17) is 0 Å². The van der Waals surface area contributed by atoms with Crippen molar-refractivity contribution in [2.24, 2.45) is 0 Å². The minimum absolute atomic E-state index is 0.159. The lowest BCUT2D eigenvalue weighted by Gasteiger charge is -2.23. The smallest absolute Gasteiger partial charge is 0.136 e. The van der Waals surface area contributed by atoms with Gasteiger partial charge in [0.05, 0.1) is 0 Å². The average Bonchev–Trinajstić information content (AvgIpc) is 1.96. The second kappa shape index (κ2) is 5.62. The van der Waals surface area contributed by atoms with Crippen molar-refractivity contribution in [3.8, 4) is 0 Å². The summed E-state index contributed by atoms with van der Waals surface area (Å²) >= 11 is -0.925. The van der Waals surface area contributed by atoms with Crippen molar-refractivity contribution in [2.45, 2.75) is 38.4 Å². The molecule has 0 aliphatic heterocycles. The average molecular weight is 189 g/mol. The summed E-state index contributed by atoms with van der Waals surface area (Å²) in [4.78, 5) is 0. The predicted octanol–water partition coefficient (Wildman–Crippen LogP) is 2.00. The van der Waals surface area contributed by atoms with Gasteiger partial charge in [-0.3, -0.25) is 0 Å². The van der Waals surface area contributed by atoms with Gasteiger partial charge in [0.1, 0.15) is 4.75 Å². The third-order valence-corrected chi connectivity index (χ3v) is 2.95. The summed E-state index contributed by atoms with van der Waals surface area (Å²) in [5, 5.41) is 0. The maximum atomic E-state index is 11.4. The van der Waals surface area contributed by atoms with Crippen LogP contribution in [0.1, 0.15) is 33.6 Å². The van der Waals surface area contributed by atoms with Crippen LogP contribution in [0.15, 0.2) is 12.7 Å². The lowest BCUT2D eigenvalue weighted by atomic mass is 10.3. The van der Waals surface area contributed by atoms with E-state index in [-0.39, 0.29) is 4.75 Å². The third kappa shape index (κ3) is 5.63. The van der Waals surface area contributed by atoms with Crippen LogP contribution < -0.4 is 4.72 Å². The van der Waals surface area contributed by atoms with Crippen LogP contribution >= 0.6 is 0 Å². The van der Waals surface area contributed by atoms with Gasteiger partial charge in [0.15, 0.2) is 0 Å². The van der Waals surface area contributed by atoms with E-state index in [1.165, 1.54) is 0 Å². The molecule has 0 saturated heterocycles. The molecule has 0 aromatic carbocycles. The Morgan fingerprint density at radius 3 is 2.50 bits per heavy atom. The van der Waals surface area contributed by atoms with Crippen LogP contribution in [0.5, 0.6) is 0 Å². The SMILES string of the molecule is C=CCCCN[S+]([O-])C(C)(C)C. The molecule has 3 heteroatoms. The van der Waals surface area contributed by atoms with Crippen LogP contribution in [-0.4, -0.2) is 15.8 Å². The highest BCUT2D eigenvalue weighted by Gasteiger charge is 2.25. The molecule has 0 saturated carbocycles. The third-order valence-electron chi connectivity index (χ3n) is 1.37. The molecule has 0 aromatic rings. The zero-order valence-corrected chi connectivity index (χ0v) is 9.04. The Morgan fingerprint density at radius 1 is 1.50 bits per heavy atom. The van der Waals surface area contributed by atoms with Gasteiger partial charge in [-0.1, -0.05) is 6.08 Å². The predicted molar refractivity (Wildman–Crippen MR) is 55.3 cm³/mol. The molecular weight excluding hydrogens is 170 g/mol. The number of unbranched alkanes of at least 4 members (excludes halogenated alkanes) is 1. The molecule has 1 N–H and O–H groups in total. The van der Waals surface area contributed by atoms with Crippen LogP contribution in [0, 0.1) is 0 Å². The molecule has 12 heavy (non-hydrogen) atoms. The number of hydrogen-bond donors (Lipinski definition) is 1. The molecule has 0 fully saturated rings. The first-order chi connectivity index (χ1) is 5.48. The van der Waals surface area contributed by atoms with E-state index in [0.717, 1.165) is 19.4 Å². The maximum absolute atomic E-state index is 11.4. The summed E-state index contributed by atoms with van der Waals surface area (Å²) < 4.78 is 14.2. The summed E-state index contributed by atoms with van der Waals surface area (Å²) in [5.74, 6) is 0. The van der Waals surface area contributed by atoms with Crippen molar-refractivity contribution in [2.75, 3.05) is 6.54 Å². The van der Waals surface area contributed by atoms with Crippen molar-refractivity contribution >= 4 is 11.4 Å². The maximum Gasteiger partial charge on any atom is 0.136 e. The monoisotopic (exact) mass is 189 g/mol.